The van der Waals surface area contributed by atoms with Crippen LogP contribution in [0.1, 0.15) is 25.3 Å². The topological polar surface area (TPSA) is 50.4 Å². The summed E-state index contributed by atoms with van der Waals surface area (Å²) in [5.74, 6) is 1.53. The van der Waals surface area contributed by atoms with E-state index in [1.54, 1.807) is 0 Å². The number of amides is 1. The SMILES string of the molecule is CCCCNCC(=O)Nc1ccc(Oc2ccccc2)cc1C.Cl. The Bertz CT molecular complexity index is 633. The predicted octanol–water partition coefficient (Wildman–Crippen LogP) is 4.54. The summed E-state index contributed by atoms with van der Waals surface area (Å²) in [5.41, 5.74) is 1.79. The fraction of sp³-hybridized carbons (Fsp3) is 0.316. The van der Waals surface area contributed by atoms with E-state index in [9.17, 15) is 4.79 Å². The highest BCUT2D eigenvalue weighted by molar-refractivity contribution is 5.93. The molecule has 2 aromatic rings. The minimum atomic E-state index is -0.0269. The van der Waals surface area contributed by atoms with Crippen molar-refractivity contribution in [2.75, 3.05) is 18.4 Å². The molecule has 0 aliphatic rings. The molecule has 0 atom stereocenters. The van der Waals surface area contributed by atoms with Gasteiger partial charge in [-0.3, -0.25) is 4.79 Å². The first-order valence-corrected chi connectivity index (χ1v) is 8.03. The second kappa shape index (κ2) is 10.7. The quantitative estimate of drug-likeness (QED) is 0.689. The van der Waals surface area contributed by atoms with Gasteiger partial charge in [0, 0.05) is 5.69 Å². The fourth-order valence-electron chi connectivity index (χ4n) is 2.16. The standard InChI is InChI=1S/C19H24N2O2.ClH/c1-3-4-12-20-14-19(22)21-18-11-10-17(13-15(18)2)23-16-8-6-5-7-9-16;/h5-11,13,20H,3-4,12,14H2,1-2H3,(H,21,22);1H. The molecule has 2 aromatic carbocycles. The average Bonchev–Trinajstić information content (AvgIpc) is 2.55. The number of para-hydroxylation sites is 1. The largest absolute Gasteiger partial charge is 0.457 e. The molecule has 0 aliphatic carbocycles. The van der Waals surface area contributed by atoms with Crippen molar-refractivity contribution < 1.29 is 9.53 Å². The third-order valence-corrected chi connectivity index (χ3v) is 3.44. The zero-order valence-electron chi connectivity index (χ0n) is 14.2. The first kappa shape index (κ1) is 20.0. The summed E-state index contributed by atoms with van der Waals surface area (Å²) < 4.78 is 5.79. The summed E-state index contributed by atoms with van der Waals surface area (Å²) in [6, 6.07) is 15.3. The predicted molar refractivity (Wildman–Crippen MR) is 101 cm³/mol. The molecule has 2 N–H and O–H groups in total. The molecule has 0 saturated carbocycles. The highest BCUT2D eigenvalue weighted by Crippen LogP contribution is 2.25. The number of carbonyl (C=O) groups is 1. The Kier molecular flexibility index (Phi) is 8.90. The van der Waals surface area contributed by atoms with Crippen molar-refractivity contribution in [1.82, 2.24) is 5.32 Å². The first-order chi connectivity index (χ1) is 11.2. The van der Waals surface area contributed by atoms with Crippen LogP contribution >= 0.6 is 12.4 Å². The highest BCUT2D eigenvalue weighted by atomic mass is 35.5. The Morgan fingerprint density at radius 2 is 1.83 bits per heavy atom. The molecule has 0 saturated heterocycles. The number of carbonyl (C=O) groups excluding carboxylic acids is 1. The first-order valence-electron chi connectivity index (χ1n) is 8.03. The summed E-state index contributed by atoms with van der Waals surface area (Å²) in [6.07, 6.45) is 2.20. The lowest BCUT2D eigenvalue weighted by molar-refractivity contribution is -0.115. The minimum Gasteiger partial charge on any atom is -0.457 e. The van der Waals surface area contributed by atoms with E-state index < -0.39 is 0 Å². The van der Waals surface area contributed by atoms with E-state index in [1.165, 1.54) is 0 Å². The molecule has 1 amide bonds. The van der Waals surface area contributed by atoms with Crippen molar-refractivity contribution in [3.05, 3.63) is 54.1 Å². The van der Waals surface area contributed by atoms with E-state index in [1.807, 2.05) is 55.5 Å². The molecule has 24 heavy (non-hydrogen) atoms. The maximum absolute atomic E-state index is 11.9. The summed E-state index contributed by atoms with van der Waals surface area (Å²) in [6.45, 7) is 5.29. The molecule has 0 spiro atoms. The lowest BCUT2D eigenvalue weighted by atomic mass is 10.2. The van der Waals surface area contributed by atoms with Gasteiger partial charge in [0.1, 0.15) is 11.5 Å². The minimum absolute atomic E-state index is 0. The Morgan fingerprint density at radius 1 is 1.08 bits per heavy atom. The van der Waals surface area contributed by atoms with Crippen LogP contribution in [0.25, 0.3) is 0 Å². The number of rotatable bonds is 8. The fourth-order valence-corrected chi connectivity index (χ4v) is 2.16. The second-order valence-corrected chi connectivity index (χ2v) is 5.47. The van der Waals surface area contributed by atoms with Crippen LogP contribution in [0.15, 0.2) is 48.5 Å². The van der Waals surface area contributed by atoms with Crippen molar-refractivity contribution in [3.8, 4) is 11.5 Å². The molecule has 5 heteroatoms. The van der Waals surface area contributed by atoms with E-state index in [2.05, 4.69) is 17.6 Å². The van der Waals surface area contributed by atoms with Gasteiger partial charge >= 0.3 is 0 Å². The number of nitrogens with one attached hydrogen (secondary N) is 2. The van der Waals surface area contributed by atoms with Crippen molar-refractivity contribution in [3.63, 3.8) is 0 Å². The van der Waals surface area contributed by atoms with Gasteiger partial charge in [-0.1, -0.05) is 31.5 Å². The zero-order valence-corrected chi connectivity index (χ0v) is 15.0. The third kappa shape index (κ3) is 6.60. The molecule has 4 nitrogen and oxygen atoms in total. The van der Waals surface area contributed by atoms with Crippen LogP contribution in [-0.2, 0) is 4.79 Å². The van der Waals surface area contributed by atoms with Gasteiger partial charge in [-0.2, -0.15) is 0 Å². The van der Waals surface area contributed by atoms with E-state index in [0.717, 1.165) is 42.1 Å². The maximum Gasteiger partial charge on any atom is 0.238 e. The Labute approximate surface area is 150 Å². The van der Waals surface area contributed by atoms with Gasteiger partial charge < -0.3 is 15.4 Å². The van der Waals surface area contributed by atoms with Crippen molar-refractivity contribution in [1.29, 1.82) is 0 Å². The van der Waals surface area contributed by atoms with Gasteiger partial charge in [0.25, 0.3) is 0 Å². The second-order valence-electron chi connectivity index (χ2n) is 5.47. The summed E-state index contributed by atoms with van der Waals surface area (Å²) in [5, 5.41) is 6.05. The molecule has 0 aliphatic heterocycles. The maximum atomic E-state index is 11.9. The molecule has 0 heterocycles. The van der Waals surface area contributed by atoms with Crippen LogP contribution in [0, 0.1) is 6.92 Å². The molecular weight excluding hydrogens is 324 g/mol. The molecule has 0 unspecified atom stereocenters. The van der Waals surface area contributed by atoms with Crippen LogP contribution in [-0.4, -0.2) is 19.0 Å². The molecule has 0 radical (unpaired) electrons. The van der Waals surface area contributed by atoms with Crippen LogP contribution < -0.4 is 15.4 Å². The van der Waals surface area contributed by atoms with Gasteiger partial charge in [-0.25, -0.2) is 0 Å². The number of anilines is 1. The Balaban J connectivity index is 0.00000288. The van der Waals surface area contributed by atoms with E-state index in [4.69, 9.17) is 4.74 Å². The number of aryl methyl sites for hydroxylation is 1. The molecule has 2 rings (SSSR count). The molecule has 0 aromatic heterocycles. The van der Waals surface area contributed by atoms with Crippen LogP contribution in [0.2, 0.25) is 0 Å². The molecular formula is C19H25ClN2O2. The molecule has 0 fully saturated rings. The Morgan fingerprint density at radius 3 is 2.50 bits per heavy atom. The Hall–Kier alpha value is -2.04. The third-order valence-electron chi connectivity index (χ3n) is 3.44. The summed E-state index contributed by atoms with van der Waals surface area (Å²) in [4.78, 5) is 11.9. The van der Waals surface area contributed by atoms with Crippen LogP contribution in [0.3, 0.4) is 0 Å². The van der Waals surface area contributed by atoms with E-state index in [-0.39, 0.29) is 18.3 Å². The normalized spacial score (nSPS) is 9.92. The summed E-state index contributed by atoms with van der Waals surface area (Å²) in [7, 11) is 0. The number of hydrogen-bond donors (Lipinski definition) is 2. The van der Waals surface area contributed by atoms with Crippen molar-refractivity contribution >= 4 is 24.0 Å². The molecule has 0 bridgehead atoms. The van der Waals surface area contributed by atoms with Gasteiger partial charge in [0.05, 0.1) is 6.54 Å². The van der Waals surface area contributed by atoms with Gasteiger partial charge in [0.15, 0.2) is 0 Å². The molecule has 130 valence electrons. The van der Waals surface area contributed by atoms with E-state index in [0.29, 0.717) is 6.54 Å². The number of ether oxygens (including phenoxy) is 1. The lowest BCUT2D eigenvalue weighted by Gasteiger charge is -2.11. The number of halogens is 1. The van der Waals surface area contributed by atoms with Gasteiger partial charge in [-0.15, -0.1) is 12.4 Å². The van der Waals surface area contributed by atoms with Crippen molar-refractivity contribution in [2.24, 2.45) is 0 Å². The van der Waals surface area contributed by atoms with Crippen LogP contribution in [0.4, 0.5) is 5.69 Å². The summed E-state index contributed by atoms with van der Waals surface area (Å²) >= 11 is 0. The van der Waals surface area contributed by atoms with E-state index >= 15 is 0 Å². The highest BCUT2D eigenvalue weighted by Gasteiger charge is 2.06. The average molecular weight is 349 g/mol. The zero-order chi connectivity index (χ0) is 16.5. The smallest absolute Gasteiger partial charge is 0.238 e. The van der Waals surface area contributed by atoms with Gasteiger partial charge in [0.2, 0.25) is 5.91 Å². The van der Waals surface area contributed by atoms with Crippen LogP contribution in [0.5, 0.6) is 11.5 Å². The number of benzene rings is 2. The van der Waals surface area contributed by atoms with Crippen molar-refractivity contribution in [2.45, 2.75) is 26.7 Å². The number of hydrogen-bond acceptors (Lipinski definition) is 3. The monoisotopic (exact) mass is 348 g/mol. The van der Waals surface area contributed by atoms with Gasteiger partial charge in [-0.05, 0) is 55.8 Å². The number of unbranched alkanes of at least 4 members (excludes halogenated alkanes) is 1. The lowest BCUT2D eigenvalue weighted by Crippen LogP contribution is -2.28.